The average molecular weight is 349 g/mol. The van der Waals surface area contributed by atoms with Crippen LogP contribution < -0.4 is 4.90 Å². The number of urea groups is 1. The van der Waals surface area contributed by atoms with Gasteiger partial charge in [0.1, 0.15) is 10.7 Å². The third-order valence-corrected chi connectivity index (χ3v) is 5.02. The van der Waals surface area contributed by atoms with E-state index in [1.165, 1.54) is 17.0 Å². The highest BCUT2D eigenvalue weighted by atomic mass is 32.1. The Hall–Kier alpha value is -2.48. The molecule has 3 rings (SSSR count). The van der Waals surface area contributed by atoms with E-state index in [1.54, 1.807) is 24.0 Å². The number of aromatic carboxylic acids is 1. The zero-order valence-electron chi connectivity index (χ0n) is 13.2. The van der Waals surface area contributed by atoms with Crippen LogP contribution in [0.2, 0.25) is 0 Å². The molecular formula is C16H16FN3O3S. The number of carbonyl (C=O) groups is 2. The second kappa shape index (κ2) is 6.20. The summed E-state index contributed by atoms with van der Waals surface area (Å²) in [6.07, 6.45) is 0. The van der Waals surface area contributed by atoms with E-state index < -0.39 is 5.97 Å². The highest BCUT2D eigenvalue weighted by Crippen LogP contribution is 2.31. The standard InChI is InChI=1S/C16H16FN3O3S/c1-9-7-19(8-11-3-5-12(17)6-4-11)16(23)20(9)15-18-10(2)13(24-15)14(21)22/h3-6,9H,7-8H2,1-2H3,(H,21,22)/t9-/m1/s1. The average Bonchev–Trinajstić information content (AvgIpc) is 3.02. The van der Waals surface area contributed by atoms with Gasteiger partial charge in [-0.3, -0.25) is 4.90 Å². The minimum atomic E-state index is -1.04. The van der Waals surface area contributed by atoms with Crippen LogP contribution in [0.15, 0.2) is 24.3 Å². The van der Waals surface area contributed by atoms with Crippen LogP contribution in [0.5, 0.6) is 0 Å². The third kappa shape index (κ3) is 2.96. The van der Waals surface area contributed by atoms with Gasteiger partial charge < -0.3 is 10.0 Å². The molecule has 1 fully saturated rings. The largest absolute Gasteiger partial charge is 0.477 e. The lowest BCUT2D eigenvalue weighted by Crippen LogP contribution is -2.33. The first-order valence-electron chi connectivity index (χ1n) is 7.40. The van der Waals surface area contributed by atoms with Crippen LogP contribution in [-0.2, 0) is 6.54 Å². The maximum absolute atomic E-state index is 13.0. The number of amides is 2. The van der Waals surface area contributed by atoms with Crippen molar-refractivity contribution >= 4 is 28.5 Å². The van der Waals surface area contributed by atoms with Crippen molar-refractivity contribution < 1.29 is 19.1 Å². The van der Waals surface area contributed by atoms with Crippen molar-refractivity contribution in [3.63, 3.8) is 0 Å². The molecule has 2 aromatic rings. The molecule has 6 nitrogen and oxygen atoms in total. The van der Waals surface area contributed by atoms with Gasteiger partial charge in [0.2, 0.25) is 0 Å². The Balaban J connectivity index is 1.81. The lowest BCUT2D eigenvalue weighted by Gasteiger charge is -2.17. The van der Waals surface area contributed by atoms with Crippen molar-refractivity contribution in [2.75, 3.05) is 11.4 Å². The lowest BCUT2D eigenvalue weighted by molar-refractivity contribution is 0.0701. The second-order valence-electron chi connectivity index (χ2n) is 5.72. The van der Waals surface area contributed by atoms with Crippen LogP contribution in [0.25, 0.3) is 0 Å². The first kappa shape index (κ1) is 16.4. The Kier molecular flexibility index (Phi) is 4.23. The van der Waals surface area contributed by atoms with Crippen LogP contribution in [0.4, 0.5) is 14.3 Å². The number of aromatic nitrogens is 1. The fraction of sp³-hybridized carbons (Fsp3) is 0.312. The zero-order chi connectivity index (χ0) is 17.4. The molecule has 0 spiro atoms. The molecule has 1 N–H and O–H groups in total. The van der Waals surface area contributed by atoms with Gasteiger partial charge in [-0.25, -0.2) is 19.0 Å². The van der Waals surface area contributed by atoms with E-state index in [4.69, 9.17) is 5.11 Å². The monoisotopic (exact) mass is 349 g/mol. The predicted octanol–water partition coefficient (Wildman–Crippen LogP) is 3.12. The smallest absolute Gasteiger partial charge is 0.347 e. The highest BCUT2D eigenvalue weighted by Gasteiger charge is 2.37. The molecule has 0 unspecified atom stereocenters. The first-order valence-corrected chi connectivity index (χ1v) is 8.21. The summed E-state index contributed by atoms with van der Waals surface area (Å²) in [7, 11) is 0. The van der Waals surface area contributed by atoms with Crippen molar-refractivity contribution in [3.8, 4) is 0 Å². The van der Waals surface area contributed by atoms with Gasteiger partial charge >= 0.3 is 12.0 Å². The molecule has 1 atom stereocenters. The van der Waals surface area contributed by atoms with Crippen molar-refractivity contribution in [1.82, 2.24) is 9.88 Å². The number of hydrogen-bond acceptors (Lipinski definition) is 4. The van der Waals surface area contributed by atoms with E-state index in [1.807, 2.05) is 6.92 Å². The molecule has 0 bridgehead atoms. The van der Waals surface area contributed by atoms with E-state index >= 15 is 0 Å². The van der Waals surface area contributed by atoms with Crippen LogP contribution in [0, 0.1) is 12.7 Å². The number of halogens is 1. The summed E-state index contributed by atoms with van der Waals surface area (Å²) in [6.45, 7) is 4.37. The third-order valence-electron chi connectivity index (χ3n) is 3.87. The number of benzene rings is 1. The Labute approximate surface area is 142 Å². The SMILES string of the molecule is Cc1nc(N2C(=O)N(Cc3ccc(F)cc3)C[C@H]2C)sc1C(=O)O. The van der Waals surface area contributed by atoms with Gasteiger partial charge in [0.05, 0.1) is 11.7 Å². The number of nitrogens with zero attached hydrogens (tertiary/aromatic N) is 3. The predicted molar refractivity (Wildman–Crippen MR) is 88.0 cm³/mol. The number of carboxylic acid groups (broad SMARTS) is 1. The summed E-state index contributed by atoms with van der Waals surface area (Å²) in [6, 6.07) is 5.67. The summed E-state index contributed by atoms with van der Waals surface area (Å²) >= 11 is 1.00. The van der Waals surface area contributed by atoms with Crippen molar-refractivity contribution in [2.24, 2.45) is 0 Å². The fourth-order valence-corrected chi connectivity index (χ4v) is 3.72. The van der Waals surface area contributed by atoms with Crippen molar-refractivity contribution in [1.29, 1.82) is 0 Å². The maximum Gasteiger partial charge on any atom is 0.347 e. The second-order valence-corrected chi connectivity index (χ2v) is 6.70. The highest BCUT2D eigenvalue weighted by molar-refractivity contribution is 7.17. The summed E-state index contributed by atoms with van der Waals surface area (Å²) in [4.78, 5) is 31.4. The van der Waals surface area contributed by atoms with Gasteiger partial charge in [-0.15, -0.1) is 0 Å². The lowest BCUT2D eigenvalue weighted by atomic mass is 10.2. The molecule has 24 heavy (non-hydrogen) atoms. The molecule has 1 aliphatic heterocycles. The summed E-state index contributed by atoms with van der Waals surface area (Å²) in [5, 5.41) is 9.54. The van der Waals surface area contributed by atoms with Gasteiger partial charge in [0.25, 0.3) is 0 Å². The maximum atomic E-state index is 13.0. The van der Waals surface area contributed by atoms with E-state index in [2.05, 4.69) is 4.98 Å². The van der Waals surface area contributed by atoms with E-state index in [9.17, 15) is 14.0 Å². The summed E-state index contributed by atoms with van der Waals surface area (Å²) < 4.78 is 13.0. The molecule has 0 radical (unpaired) electrons. The molecule has 1 aromatic carbocycles. The Morgan fingerprint density at radius 3 is 2.67 bits per heavy atom. The topological polar surface area (TPSA) is 73.7 Å². The normalized spacial score (nSPS) is 17.6. The zero-order valence-corrected chi connectivity index (χ0v) is 14.0. The van der Waals surface area contributed by atoms with Gasteiger partial charge in [0.15, 0.2) is 5.13 Å². The Bertz CT molecular complexity index is 790. The van der Waals surface area contributed by atoms with Gasteiger partial charge in [-0.05, 0) is 31.5 Å². The van der Waals surface area contributed by atoms with Crippen molar-refractivity contribution in [3.05, 3.63) is 46.2 Å². The number of anilines is 1. The molecule has 0 saturated carbocycles. The van der Waals surface area contributed by atoms with Crippen LogP contribution in [0.3, 0.4) is 0 Å². The first-order chi connectivity index (χ1) is 11.4. The molecule has 1 aliphatic rings. The minimum absolute atomic E-state index is 0.120. The molecular weight excluding hydrogens is 333 g/mol. The molecule has 2 amide bonds. The molecule has 8 heteroatoms. The summed E-state index contributed by atoms with van der Waals surface area (Å²) in [5.74, 6) is -1.36. The number of thiazole rings is 1. The quantitative estimate of drug-likeness (QED) is 0.920. The Morgan fingerprint density at radius 2 is 2.08 bits per heavy atom. The Morgan fingerprint density at radius 1 is 1.42 bits per heavy atom. The van der Waals surface area contributed by atoms with Crippen LogP contribution in [0.1, 0.15) is 27.9 Å². The van der Waals surface area contributed by atoms with Crippen molar-refractivity contribution in [2.45, 2.75) is 26.4 Å². The van der Waals surface area contributed by atoms with E-state index in [0.717, 1.165) is 16.9 Å². The molecule has 1 aromatic heterocycles. The summed E-state index contributed by atoms with van der Waals surface area (Å²) in [5.41, 5.74) is 1.24. The van der Waals surface area contributed by atoms with Crippen LogP contribution >= 0.6 is 11.3 Å². The minimum Gasteiger partial charge on any atom is -0.477 e. The van der Waals surface area contributed by atoms with Crippen LogP contribution in [-0.4, -0.2) is 39.6 Å². The number of aryl methyl sites for hydroxylation is 1. The van der Waals surface area contributed by atoms with Gasteiger partial charge in [0, 0.05) is 13.1 Å². The number of rotatable bonds is 4. The van der Waals surface area contributed by atoms with Gasteiger partial charge in [-0.2, -0.15) is 0 Å². The number of carbonyl (C=O) groups excluding carboxylic acids is 1. The van der Waals surface area contributed by atoms with E-state index in [0.29, 0.717) is 23.9 Å². The number of hydrogen-bond donors (Lipinski definition) is 1. The molecule has 1 saturated heterocycles. The molecule has 2 heterocycles. The van der Waals surface area contributed by atoms with Gasteiger partial charge in [-0.1, -0.05) is 23.5 Å². The molecule has 126 valence electrons. The number of carboxylic acids is 1. The molecule has 0 aliphatic carbocycles. The fourth-order valence-electron chi connectivity index (χ4n) is 2.72. The van der Waals surface area contributed by atoms with E-state index in [-0.39, 0.29) is 22.8 Å².